The molecule has 1 aliphatic heterocycles. The van der Waals surface area contributed by atoms with Gasteiger partial charge in [0.1, 0.15) is 5.75 Å². The highest BCUT2D eigenvalue weighted by Crippen LogP contribution is 2.41. The van der Waals surface area contributed by atoms with Crippen LogP contribution in [0, 0.1) is 0 Å². The minimum Gasteiger partial charge on any atom is -0.497 e. The number of likely N-dealkylation sites (N-methyl/N-ethyl adjacent to an activating group) is 1. The molecule has 1 aromatic rings. The van der Waals surface area contributed by atoms with Crippen LogP contribution in [0.3, 0.4) is 0 Å². The maximum Gasteiger partial charge on any atom is 0.119 e. The molecule has 4 nitrogen and oxygen atoms in total. The van der Waals surface area contributed by atoms with Crippen molar-refractivity contribution >= 4 is 5.57 Å². The summed E-state index contributed by atoms with van der Waals surface area (Å²) in [5, 5.41) is 11.8. The molecule has 2 unspecified atom stereocenters. The first-order chi connectivity index (χ1) is 9.10. The maximum absolute atomic E-state index is 9.66. The highest BCUT2D eigenvalue weighted by Gasteiger charge is 2.36. The summed E-state index contributed by atoms with van der Waals surface area (Å²) in [5.74, 6) is 0.887. The Hall–Kier alpha value is -1.52. The molecule has 1 aromatic carbocycles. The Morgan fingerprint density at radius 2 is 2.32 bits per heavy atom. The first kappa shape index (κ1) is 12.5. The number of hydrogen-bond acceptors (Lipinski definition) is 4. The van der Waals surface area contributed by atoms with E-state index in [2.05, 4.69) is 22.6 Å². The van der Waals surface area contributed by atoms with Gasteiger partial charge in [-0.15, -0.1) is 0 Å². The van der Waals surface area contributed by atoms with Crippen molar-refractivity contribution in [1.82, 2.24) is 10.4 Å². The molecular formula is C15H20N2O2. The lowest BCUT2D eigenvalue weighted by Gasteiger charge is -2.22. The van der Waals surface area contributed by atoms with Crippen molar-refractivity contribution in [3.63, 3.8) is 0 Å². The van der Waals surface area contributed by atoms with E-state index in [1.165, 1.54) is 22.4 Å². The zero-order valence-electron chi connectivity index (χ0n) is 11.6. The lowest BCUT2D eigenvalue weighted by molar-refractivity contribution is 0.165. The summed E-state index contributed by atoms with van der Waals surface area (Å²) in [6, 6.07) is 6.44. The fraction of sp³-hybridized carbons (Fsp3) is 0.467. The van der Waals surface area contributed by atoms with Crippen molar-refractivity contribution in [2.24, 2.45) is 0 Å². The Labute approximate surface area is 113 Å². The number of fused-ring (bicyclic) bond motifs is 2. The van der Waals surface area contributed by atoms with Crippen LogP contribution in [0.15, 0.2) is 23.9 Å². The highest BCUT2D eigenvalue weighted by atomic mass is 16.5. The number of methoxy groups -OCH3 is 1. The number of hydrazine groups is 1. The van der Waals surface area contributed by atoms with Gasteiger partial charge in [-0.05, 0) is 42.2 Å². The van der Waals surface area contributed by atoms with E-state index in [0.717, 1.165) is 18.6 Å². The van der Waals surface area contributed by atoms with Crippen molar-refractivity contribution in [1.29, 1.82) is 0 Å². The molecule has 0 bridgehead atoms. The van der Waals surface area contributed by atoms with E-state index in [0.29, 0.717) is 0 Å². The monoisotopic (exact) mass is 260 g/mol. The van der Waals surface area contributed by atoms with Crippen molar-refractivity contribution in [2.45, 2.75) is 31.9 Å². The van der Waals surface area contributed by atoms with Gasteiger partial charge >= 0.3 is 0 Å². The molecule has 0 saturated carbocycles. The number of aliphatic hydroxyl groups excluding tert-OH is 1. The number of rotatable bonds is 3. The molecule has 19 heavy (non-hydrogen) atoms. The van der Waals surface area contributed by atoms with Gasteiger partial charge in [0.15, 0.2) is 0 Å². The van der Waals surface area contributed by atoms with Gasteiger partial charge in [-0.25, -0.2) is 5.43 Å². The Morgan fingerprint density at radius 3 is 3.00 bits per heavy atom. The number of ether oxygens (including phenoxy) is 1. The van der Waals surface area contributed by atoms with E-state index >= 15 is 0 Å². The SMILES string of the molecule is COc1ccc2c(c1)C1=C(C2)N(C)NC1CC(C)O. The van der Waals surface area contributed by atoms with Crippen LogP contribution in [0.5, 0.6) is 5.75 Å². The normalized spacial score (nSPS) is 22.5. The van der Waals surface area contributed by atoms with Gasteiger partial charge in [0.05, 0.1) is 19.3 Å². The van der Waals surface area contributed by atoms with Crippen LogP contribution in [0.2, 0.25) is 0 Å². The van der Waals surface area contributed by atoms with Gasteiger partial charge in [0.25, 0.3) is 0 Å². The van der Waals surface area contributed by atoms with Crippen LogP contribution in [0.1, 0.15) is 24.5 Å². The number of benzene rings is 1. The zero-order chi connectivity index (χ0) is 13.6. The molecule has 0 spiro atoms. The van der Waals surface area contributed by atoms with Gasteiger partial charge in [0.2, 0.25) is 0 Å². The highest BCUT2D eigenvalue weighted by molar-refractivity contribution is 5.81. The quantitative estimate of drug-likeness (QED) is 0.865. The third-order valence-corrected chi connectivity index (χ3v) is 3.96. The molecule has 0 radical (unpaired) electrons. The molecule has 3 rings (SSSR count). The summed E-state index contributed by atoms with van der Waals surface area (Å²) in [5.41, 5.74) is 8.66. The first-order valence-electron chi connectivity index (χ1n) is 6.68. The van der Waals surface area contributed by atoms with E-state index in [4.69, 9.17) is 4.74 Å². The third-order valence-electron chi connectivity index (χ3n) is 3.96. The second kappa shape index (κ2) is 4.54. The van der Waals surface area contributed by atoms with Crippen molar-refractivity contribution in [2.75, 3.05) is 14.2 Å². The second-order valence-electron chi connectivity index (χ2n) is 5.39. The smallest absolute Gasteiger partial charge is 0.119 e. The summed E-state index contributed by atoms with van der Waals surface area (Å²) in [6.45, 7) is 1.83. The number of nitrogens with zero attached hydrogens (tertiary/aromatic N) is 1. The average Bonchev–Trinajstić information content (AvgIpc) is 2.87. The van der Waals surface area contributed by atoms with Crippen LogP contribution in [-0.4, -0.2) is 36.4 Å². The van der Waals surface area contributed by atoms with Gasteiger partial charge in [-0.2, -0.15) is 0 Å². The molecule has 2 aliphatic rings. The van der Waals surface area contributed by atoms with E-state index in [1.807, 2.05) is 20.0 Å². The second-order valence-corrected chi connectivity index (χ2v) is 5.39. The van der Waals surface area contributed by atoms with Crippen LogP contribution in [0.4, 0.5) is 0 Å². The number of aliphatic hydroxyl groups is 1. The predicted molar refractivity (Wildman–Crippen MR) is 74.6 cm³/mol. The fourth-order valence-corrected chi connectivity index (χ4v) is 3.09. The van der Waals surface area contributed by atoms with Gasteiger partial charge < -0.3 is 14.9 Å². The van der Waals surface area contributed by atoms with Crippen LogP contribution < -0.4 is 10.2 Å². The van der Waals surface area contributed by atoms with E-state index in [1.54, 1.807) is 7.11 Å². The zero-order valence-corrected chi connectivity index (χ0v) is 11.6. The lowest BCUT2D eigenvalue weighted by atomic mass is 9.96. The lowest BCUT2D eigenvalue weighted by Crippen LogP contribution is -2.37. The number of allylic oxidation sites excluding steroid dienone is 1. The molecule has 1 aliphatic carbocycles. The average molecular weight is 260 g/mol. The Kier molecular flexibility index (Phi) is 2.99. The van der Waals surface area contributed by atoms with Crippen molar-refractivity contribution in [3.8, 4) is 5.75 Å². The minimum absolute atomic E-state index is 0.188. The molecule has 102 valence electrons. The van der Waals surface area contributed by atoms with E-state index < -0.39 is 0 Å². The van der Waals surface area contributed by atoms with Gasteiger partial charge in [-0.1, -0.05) is 6.07 Å². The molecule has 4 heteroatoms. The predicted octanol–water partition coefficient (Wildman–Crippen LogP) is 1.55. The van der Waals surface area contributed by atoms with E-state index in [-0.39, 0.29) is 12.1 Å². The van der Waals surface area contributed by atoms with Crippen LogP contribution in [-0.2, 0) is 6.42 Å². The third kappa shape index (κ3) is 2.01. The molecule has 0 saturated heterocycles. The largest absolute Gasteiger partial charge is 0.497 e. The summed E-state index contributed by atoms with van der Waals surface area (Å²) in [6.07, 6.45) is 1.36. The Morgan fingerprint density at radius 1 is 1.53 bits per heavy atom. The fourth-order valence-electron chi connectivity index (χ4n) is 3.09. The molecule has 0 aromatic heterocycles. The van der Waals surface area contributed by atoms with E-state index in [9.17, 15) is 5.11 Å². The number of hydrogen-bond donors (Lipinski definition) is 2. The summed E-state index contributed by atoms with van der Waals surface area (Å²) in [7, 11) is 3.73. The van der Waals surface area contributed by atoms with Crippen molar-refractivity contribution in [3.05, 3.63) is 35.0 Å². The van der Waals surface area contributed by atoms with Crippen molar-refractivity contribution < 1.29 is 9.84 Å². The molecule has 2 atom stereocenters. The summed E-state index contributed by atoms with van der Waals surface area (Å²) >= 11 is 0. The summed E-state index contributed by atoms with van der Waals surface area (Å²) in [4.78, 5) is 0. The standard InChI is InChI=1S/C15H20N2O2/c1-9(18)6-13-15-12-8-11(19-3)5-4-10(12)7-14(15)17(2)16-13/h4-5,8-9,13,16,18H,6-7H2,1-3H3. The Balaban J connectivity index is 2.00. The molecule has 2 N–H and O–H groups in total. The summed E-state index contributed by atoms with van der Waals surface area (Å²) < 4.78 is 5.33. The molecule has 0 amide bonds. The van der Waals surface area contributed by atoms with Gasteiger partial charge in [0, 0.05) is 19.2 Å². The van der Waals surface area contributed by atoms with Crippen LogP contribution in [0.25, 0.3) is 5.57 Å². The Bertz CT molecular complexity index is 537. The topological polar surface area (TPSA) is 44.7 Å². The number of nitrogens with one attached hydrogen (secondary N) is 1. The molecule has 1 heterocycles. The minimum atomic E-state index is -0.313. The molecular weight excluding hydrogens is 240 g/mol. The maximum atomic E-state index is 9.66. The first-order valence-corrected chi connectivity index (χ1v) is 6.68. The molecule has 0 fully saturated rings. The van der Waals surface area contributed by atoms with Gasteiger partial charge in [-0.3, -0.25) is 0 Å². The van der Waals surface area contributed by atoms with Crippen LogP contribution >= 0.6 is 0 Å².